The number of likely N-dealkylation sites (tertiary alicyclic amines) is 1. The Balaban J connectivity index is 2.71. The van der Waals surface area contributed by atoms with Gasteiger partial charge in [-0.15, -0.1) is 0 Å². The number of piperidine rings is 1. The Labute approximate surface area is 74.0 Å². The van der Waals surface area contributed by atoms with Gasteiger partial charge in [0.15, 0.2) is 0 Å². The maximum absolute atomic E-state index is 9.94. The molecule has 3 heteroatoms. The van der Waals surface area contributed by atoms with Crippen molar-refractivity contribution in [2.24, 2.45) is 5.92 Å². The highest BCUT2D eigenvalue weighted by molar-refractivity contribution is 4.86. The van der Waals surface area contributed by atoms with Crippen LogP contribution in [0.3, 0.4) is 0 Å². The van der Waals surface area contributed by atoms with Gasteiger partial charge in [-0.1, -0.05) is 6.92 Å². The summed E-state index contributed by atoms with van der Waals surface area (Å²) in [6.07, 6.45) is 1.80. The highest BCUT2D eigenvalue weighted by atomic mass is 16.3. The third-order valence-electron chi connectivity index (χ3n) is 2.78. The Bertz CT molecular complexity index is 159. The molecule has 1 aliphatic rings. The van der Waals surface area contributed by atoms with Crippen molar-refractivity contribution in [1.29, 1.82) is 0 Å². The van der Waals surface area contributed by atoms with E-state index in [0.29, 0.717) is 5.92 Å². The number of rotatable bonds is 1. The lowest BCUT2D eigenvalue weighted by Crippen LogP contribution is -2.56. The van der Waals surface area contributed by atoms with Gasteiger partial charge in [0.1, 0.15) is 5.72 Å². The van der Waals surface area contributed by atoms with Crippen LogP contribution in [0.25, 0.3) is 0 Å². The second-order valence-electron chi connectivity index (χ2n) is 4.22. The topological polar surface area (TPSA) is 43.7 Å². The molecule has 0 spiro atoms. The summed E-state index contributed by atoms with van der Waals surface area (Å²) >= 11 is 0. The van der Waals surface area contributed by atoms with Crippen molar-refractivity contribution in [3.05, 3.63) is 0 Å². The zero-order valence-corrected chi connectivity index (χ0v) is 8.12. The normalized spacial score (nSPS) is 44.8. The van der Waals surface area contributed by atoms with Gasteiger partial charge in [0, 0.05) is 6.04 Å². The predicted molar refractivity (Wildman–Crippen MR) is 47.4 cm³/mol. The minimum Gasteiger partial charge on any atom is -0.381 e. The van der Waals surface area contributed by atoms with Gasteiger partial charge in [-0.2, -0.15) is 0 Å². The molecule has 0 bridgehead atoms. The van der Waals surface area contributed by atoms with E-state index in [2.05, 4.69) is 6.92 Å². The molecule has 3 atom stereocenters. The monoisotopic (exact) mass is 173 g/mol. The summed E-state index contributed by atoms with van der Waals surface area (Å²) in [5.74, 6) is 0.540. The molecule has 0 amide bonds. The molecule has 0 radical (unpaired) electrons. The maximum Gasteiger partial charge on any atom is 0.117 e. The predicted octanol–water partition coefficient (Wildman–Crippen LogP) is 0.765. The lowest BCUT2D eigenvalue weighted by molar-refractivity contribution is -0.178. The summed E-state index contributed by atoms with van der Waals surface area (Å²) in [5, 5.41) is 19.0. The molecule has 2 N–H and O–H groups in total. The highest BCUT2D eigenvalue weighted by Crippen LogP contribution is 2.32. The van der Waals surface area contributed by atoms with Gasteiger partial charge in [-0.05, 0) is 32.6 Å². The van der Waals surface area contributed by atoms with E-state index in [9.17, 15) is 5.11 Å². The number of aliphatic hydroxyl groups excluding tert-OH is 1. The average molecular weight is 173 g/mol. The van der Waals surface area contributed by atoms with E-state index in [1.807, 2.05) is 6.92 Å². The van der Waals surface area contributed by atoms with Crippen molar-refractivity contribution >= 4 is 0 Å². The van der Waals surface area contributed by atoms with Gasteiger partial charge in [-0.3, -0.25) is 4.90 Å². The van der Waals surface area contributed by atoms with Gasteiger partial charge in [0.2, 0.25) is 0 Å². The molecule has 72 valence electrons. The molecule has 0 aliphatic carbocycles. The lowest BCUT2D eigenvalue weighted by atomic mass is 9.87. The van der Waals surface area contributed by atoms with Crippen LogP contribution in [0.15, 0.2) is 0 Å². The lowest BCUT2D eigenvalue weighted by Gasteiger charge is -2.46. The minimum absolute atomic E-state index is 0.0547. The first kappa shape index (κ1) is 9.96. The molecular weight excluding hydrogens is 154 g/mol. The molecule has 1 rings (SSSR count). The first-order chi connectivity index (χ1) is 5.47. The standard InChI is InChI=1S/C9H19NO2/c1-7-4-8(2)10(6-11)9(3,12)5-7/h7-8,11-12H,4-6H2,1-3H3/t7-,8?,9?/m0/s1. The van der Waals surface area contributed by atoms with Crippen molar-refractivity contribution in [2.75, 3.05) is 6.73 Å². The van der Waals surface area contributed by atoms with E-state index in [-0.39, 0.29) is 12.8 Å². The second kappa shape index (κ2) is 3.32. The number of hydrogen-bond donors (Lipinski definition) is 2. The van der Waals surface area contributed by atoms with Gasteiger partial charge < -0.3 is 10.2 Å². The zero-order chi connectivity index (χ0) is 9.35. The van der Waals surface area contributed by atoms with Crippen molar-refractivity contribution in [2.45, 2.75) is 45.4 Å². The fraction of sp³-hybridized carbons (Fsp3) is 1.00. The third kappa shape index (κ3) is 1.79. The molecule has 1 fully saturated rings. The van der Waals surface area contributed by atoms with Gasteiger partial charge >= 0.3 is 0 Å². The maximum atomic E-state index is 9.94. The molecular formula is C9H19NO2. The summed E-state index contributed by atoms with van der Waals surface area (Å²) < 4.78 is 0. The van der Waals surface area contributed by atoms with Crippen molar-refractivity contribution in [3.63, 3.8) is 0 Å². The van der Waals surface area contributed by atoms with Crippen LogP contribution in [0, 0.1) is 5.92 Å². The van der Waals surface area contributed by atoms with Crippen LogP contribution in [0.5, 0.6) is 0 Å². The van der Waals surface area contributed by atoms with Crippen LogP contribution in [0.1, 0.15) is 33.6 Å². The van der Waals surface area contributed by atoms with E-state index in [0.717, 1.165) is 12.8 Å². The minimum atomic E-state index is -0.828. The van der Waals surface area contributed by atoms with Crippen molar-refractivity contribution in [3.8, 4) is 0 Å². The molecule has 0 aromatic rings. The van der Waals surface area contributed by atoms with E-state index in [1.165, 1.54) is 0 Å². The van der Waals surface area contributed by atoms with Crippen molar-refractivity contribution in [1.82, 2.24) is 4.90 Å². The van der Waals surface area contributed by atoms with E-state index >= 15 is 0 Å². The summed E-state index contributed by atoms with van der Waals surface area (Å²) in [4.78, 5) is 1.74. The third-order valence-corrected chi connectivity index (χ3v) is 2.78. The first-order valence-corrected chi connectivity index (χ1v) is 4.57. The zero-order valence-electron chi connectivity index (χ0n) is 8.12. The molecule has 1 saturated heterocycles. The smallest absolute Gasteiger partial charge is 0.117 e. The number of hydrogen-bond acceptors (Lipinski definition) is 3. The SMILES string of the molecule is CC1C[C@H](C)CC(C)(O)N1CO. The Kier molecular flexibility index (Phi) is 2.76. The molecule has 1 aliphatic heterocycles. The molecule has 2 unspecified atom stereocenters. The molecule has 0 saturated carbocycles. The van der Waals surface area contributed by atoms with Gasteiger partial charge in [-0.25, -0.2) is 0 Å². The van der Waals surface area contributed by atoms with Gasteiger partial charge in [0.25, 0.3) is 0 Å². The summed E-state index contributed by atoms with van der Waals surface area (Å²) in [6, 6.07) is 0.272. The molecule has 12 heavy (non-hydrogen) atoms. The fourth-order valence-corrected chi connectivity index (χ4v) is 2.34. The largest absolute Gasteiger partial charge is 0.381 e. The summed E-state index contributed by atoms with van der Waals surface area (Å²) in [7, 11) is 0. The van der Waals surface area contributed by atoms with E-state index in [1.54, 1.807) is 11.8 Å². The highest BCUT2D eigenvalue weighted by Gasteiger charge is 2.38. The molecule has 0 aromatic carbocycles. The Morgan fingerprint density at radius 2 is 2.08 bits per heavy atom. The van der Waals surface area contributed by atoms with Crippen LogP contribution in [0.4, 0.5) is 0 Å². The van der Waals surface area contributed by atoms with E-state index < -0.39 is 5.72 Å². The Morgan fingerprint density at radius 1 is 1.50 bits per heavy atom. The molecule has 1 heterocycles. The summed E-state index contributed by atoms with van der Waals surface area (Å²) in [6.45, 7) is 5.90. The average Bonchev–Trinajstić information content (AvgIpc) is 1.82. The van der Waals surface area contributed by atoms with E-state index in [4.69, 9.17) is 5.11 Å². The summed E-state index contributed by atoms with van der Waals surface area (Å²) in [5.41, 5.74) is -0.828. The van der Waals surface area contributed by atoms with Crippen LogP contribution in [-0.4, -0.2) is 33.6 Å². The van der Waals surface area contributed by atoms with Crippen LogP contribution in [0.2, 0.25) is 0 Å². The molecule has 3 nitrogen and oxygen atoms in total. The van der Waals surface area contributed by atoms with Crippen molar-refractivity contribution < 1.29 is 10.2 Å². The number of aliphatic hydroxyl groups is 2. The Morgan fingerprint density at radius 3 is 2.50 bits per heavy atom. The quantitative estimate of drug-likeness (QED) is 0.615. The fourth-order valence-electron chi connectivity index (χ4n) is 2.34. The van der Waals surface area contributed by atoms with Crippen LogP contribution >= 0.6 is 0 Å². The van der Waals surface area contributed by atoms with Crippen LogP contribution < -0.4 is 0 Å². The van der Waals surface area contributed by atoms with Crippen LogP contribution in [-0.2, 0) is 0 Å². The molecule has 0 aromatic heterocycles. The van der Waals surface area contributed by atoms with Gasteiger partial charge in [0.05, 0.1) is 6.73 Å². The Hall–Kier alpha value is -0.120. The first-order valence-electron chi connectivity index (χ1n) is 4.57. The second-order valence-corrected chi connectivity index (χ2v) is 4.22. The number of nitrogens with zero attached hydrogens (tertiary/aromatic N) is 1.